The van der Waals surface area contributed by atoms with E-state index in [2.05, 4.69) is 71.4 Å². The minimum Gasteiger partial charge on any atom is -0.475 e. The van der Waals surface area contributed by atoms with Crippen LogP contribution < -0.4 is 5.32 Å². The Hall–Kier alpha value is -3.55. The lowest BCUT2D eigenvalue weighted by Gasteiger charge is -2.09. The number of alkyl halides is 3. The van der Waals surface area contributed by atoms with Crippen LogP contribution in [-0.4, -0.2) is 33.2 Å². The number of nitrogens with one attached hydrogen (secondary N) is 1. The summed E-state index contributed by atoms with van der Waals surface area (Å²) in [4.78, 5) is 13.8. The molecular formula is C21H18F3N3O2. The SMILES string of the molecule is CCNc1ccc(-c2nc3ccccc3n3cccc23)cc1.O=C(O)C(F)(F)F. The van der Waals surface area contributed by atoms with Gasteiger partial charge >= 0.3 is 12.1 Å². The van der Waals surface area contributed by atoms with Crippen molar-refractivity contribution in [3.05, 3.63) is 66.9 Å². The van der Waals surface area contributed by atoms with E-state index in [-0.39, 0.29) is 0 Å². The van der Waals surface area contributed by atoms with Gasteiger partial charge in [0.15, 0.2) is 0 Å². The summed E-state index contributed by atoms with van der Waals surface area (Å²) in [5, 5.41) is 10.4. The molecule has 0 spiro atoms. The zero-order chi connectivity index (χ0) is 21.0. The van der Waals surface area contributed by atoms with E-state index in [9.17, 15) is 13.2 Å². The van der Waals surface area contributed by atoms with E-state index in [0.29, 0.717) is 0 Å². The molecule has 2 aromatic carbocycles. The molecule has 0 saturated heterocycles. The number of carboxylic acids is 1. The highest BCUT2D eigenvalue weighted by molar-refractivity contribution is 5.87. The summed E-state index contributed by atoms with van der Waals surface area (Å²) >= 11 is 0. The van der Waals surface area contributed by atoms with Gasteiger partial charge in [-0.15, -0.1) is 0 Å². The molecule has 0 atom stereocenters. The van der Waals surface area contributed by atoms with E-state index in [1.807, 2.05) is 12.1 Å². The van der Waals surface area contributed by atoms with E-state index in [1.54, 1.807) is 0 Å². The third-order valence-electron chi connectivity index (χ3n) is 4.15. The van der Waals surface area contributed by atoms with Crippen LogP contribution in [0.4, 0.5) is 18.9 Å². The number of anilines is 1. The second-order valence-corrected chi connectivity index (χ2v) is 6.12. The Balaban J connectivity index is 0.000000298. The molecule has 4 rings (SSSR count). The summed E-state index contributed by atoms with van der Waals surface area (Å²) in [6.45, 7) is 3.03. The summed E-state index contributed by atoms with van der Waals surface area (Å²) in [7, 11) is 0. The number of benzene rings is 2. The van der Waals surface area contributed by atoms with Crippen molar-refractivity contribution >= 4 is 28.2 Å². The minimum atomic E-state index is -5.08. The standard InChI is InChI=1S/C19H17N3.C2HF3O2/c1-2-20-15-11-9-14(10-12-15)19-18-8-5-13-22(18)17-7-4-3-6-16(17)21-19;3-2(4,5)1(6)7/h3-13,20H,2H2,1H3;(H,6,7). The normalized spacial score (nSPS) is 11.2. The zero-order valence-electron chi connectivity index (χ0n) is 15.4. The van der Waals surface area contributed by atoms with Gasteiger partial charge in [0.25, 0.3) is 0 Å². The first-order valence-corrected chi connectivity index (χ1v) is 8.81. The maximum absolute atomic E-state index is 10.6. The van der Waals surface area contributed by atoms with Crippen LogP contribution in [0, 0.1) is 0 Å². The molecule has 150 valence electrons. The van der Waals surface area contributed by atoms with Gasteiger partial charge in [0.2, 0.25) is 0 Å². The Bertz CT molecular complexity index is 1140. The number of rotatable bonds is 3. The molecular weight excluding hydrogens is 383 g/mol. The fourth-order valence-electron chi connectivity index (χ4n) is 2.89. The van der Waals surface area contributed by atoms with Gasteiger partial charge in [-0.05, 0) is 43.3 Å². The number of fused-ring (bicyclic) bond motifs is 3. The maximum Gasteiger partial charge on any atom is 0.490 e. The fraction of sp³-hybridized carbons (Fsp3) is 0.143. The van der Waals surface area contributed by atoms with Crippen molar-refractivity contribution in [3.8, 4) is 11.3 Å². The van der Waals surface area contributed by atoms with Gasteiger partial charge in [0.1, 0.15) is 0 Å². The van der Waals surface area contributed by atoms with Gasteiger partial charge in [-0.1, -0.05) is 24.3 Å². The van der Waals surface area contributed by atoms with Crippen LogP contribution in [0.3, 0.4) is 0 Å². The maximum atomic E-state index is 10.6. The minimum absolute atomic E-state index is 0.927. The third-order valence-corrected chi connectivity index (χ3v) is 4.15. The second kappa shape index (κ2) is 8.22. The molecule has 0 aliphatic heterocycles. The van der Waals surface area contributed by atoms with Crippen LogP contribution in [0.5, 0.6) is 0 Å². The molecule has 0 radical (unpaired) electrons. The highest BCUT2D eigenvalue weighted by atomic mass is 19.4. The van der Waals surface area contributed by atoms with Crippen molar-refractivity contribution in [2.75, 3.05) is 11.9 Å². The Kier molecular flexibility index (Phi) is 5.72. The van der Waals surface area contributed by atoms with Gasteiger partial charge in [-0.2, -0.15) is 13.2 Å². The van der Waals surface area contributed by atoms with Crippen molar-refractivity contribution < 1.29 is 23.1 Å². The average molecular weight is 401 g/mol. The molecule has 0 unspecified atom stereocenters. The summed E-state index contributed by atoms with van der Waals surface area (Å²) in [5.74, 6) is -2.76. The van der Waals surface area contributed by atoms with Crippen molar-refractivity contribution in [2.24, 2.45) is 0 Å². The number of nitrogens with zero attached hydrogens (tertiary/aromatic N) is 2. The van der Waals surface area contributed by atoms with Crippen LogP contribution in [0.25, 0.3) is 27.8 Å². The van der Waals surface area contributed by atoms with Gasteiger partial charge in [0, 0.05) is 24.0 Å². The first-order valence-electron chi connectivity index (χ1n) is 8.81. The summed E-state index contributed by atoms with van der Waals surface area (Å²) in [6.07, 6.45) is -2.99. The monoisotopic (exact) mass is 401 g/mol. The lowest BCUT2D eigenvalue weighted by molar-refractivity contribution is -0.192. The molecule has 0 bridgehead atoms. The molecule has 8 heteroatoms. The number of aliphatic carboxylic acids is 1. The molecule has 4 aromatic rings. The fourth-order valence-corrected chi connectivity index (χ4v) is 2.89. The van der Waals surface area contributed by atoms with Gasteiger partial charge < -0.3 is 14.8 Å². The number of halogens is 3. The highest BCUT2D eigenvalue weighted by Crippen LogP contribution is 2.27. The smallest absolute Gasteiger partial charge is 0.475 e. The Labute approximate surface area is 164 Å². The largest absolute Gasteiger partial charge is 0.490 e. The van der Waals surface area contributed by atoms with E-state index in [0.717, 1.165) is 40.0 Å². The molecule has 0 aliphatic rings. The lowest BCUT2D eigenvalue weighted by Crippen LogP contribution is -2.21. The molecule has 0 amide bonds. The number of aromatic nitrogens is 2. The topological polar surface area (TPSA) is 66.6 Å². The number of hydrogen-bond acceptors (Lipinski definition) is 3. The van der Waals surface area contributed by atoms with E-state index in [4.69, 9.17) is 14.9 Å². The van der Waals surface area contributed by atoms with Crippen LogP contribution in [-0.2, 0) is 4.79 Å². The Morgan fingerprint density at radius 2 is 1.66 bits per heavy atom. The van der Waals surface area contributed by atoms with E-state index in [1.165, 1.54) is 0 Å². The zero-order valence-corrected chi connectivity index (χ0v) is 15.4. The second-order valence-electron chi connectivity index (χ2n) is 6.12. The van der Waals surface area contributed by atoms with Crippen molar-refractivity contribution in [1.29, 1.82) is 0 Å². The third kappa shape index (κ3) is 4.48. The molecule has 29 heavy (non-hydrogen) atoms. The molecule has 0 fully saturated rings. The van der Waals surface area contributed by atoms with Crippen LogP contribution in [0.1, 0.15) is 6.92 Å². The predicted molar refractivity (Wildman–Crippen MR) is 106 cm³/mol. The van der Waals surface area contributed by atoms with Gasteiger partial charge in [-0.3, -0.25) is 0 Å². The number of carbonyl (C=O) groups is 1. The van der Waals surface area contributed by atoms with Gasteiger partial charge in [0.05, 0.1) is 22.2 Å². The van der Waals surface area contributed by atoms with Crippen molar-refractivity contribution in [1.82, 2.24) is 9.38 Å². The molecule has 2 aromatic heterocycles. The summed E-state index contributed by atoms with van der Waals surface area (Å²) in [6, 6.07) is 20.9. The van der Waals surface area contributed by atoms with E-state index < -0.39 is 12.1 Å². The van der Waals surface area contributed by atoms with Crippen molar-refractivity contribution in [3.63, 3.8) is 0 Å². The molecule has 0 aliphatic carbocycles. The summed E-state index contributed by atoms with van der Waals surface area (Å²) < 4.78 is 33.9. The lowest BCUT2D eigenvalue weighted by atomic mass is 10.1. The molecule has 2 heterocycles. The first-order chi connectivity index (χ1) is 13.8. The van der Waals surface area contributed by atoms with Crippen LogP contribution in [0.2, 0.25) is 0 Å². The highest BCUT2D eigenvalue weighted by Gasteiger charge is 2.38. The van der Waals surface area contributed by atoms with Crippen molar-refractivity contribution in [2.45, 2.75) is 13.1 Å². The number of para-hydroxylation sites is 2. The number of carboxylic acid groups (broad SMARTS) is 1. The van der Waals surface area contributed by atoms with Gasteiger partial charge in [-0.25, -0.2) is 9.78 Å². The van der Waals surface area contributed by atoms with Crippen LogP contribution >= 0.6 is 0 Å². The quantitative estimate of drug-likeness (QED) is 0.494. The Morgan fingerprint density at radius 3 is 2.28 bits per heavy atom. The molecule has 5 nitrogen and oxygen atoms in total. The molecule has 2 N–H and O–H groups in total. The summed E-state index contributed by atoms with van der Waals surface area (Å²) in [5.41, 5.74) is 6.57. The predicted octanol–water partition coefficient (Wildman–Crippen LogP) is 5.22. The van der Waals surface area contributed by atoms with E-state index >= 15 is 0 Å². The Morgan fingerprint density at radius 1 is 1.03 bits per heavy atom. The number of hydrogen-bond donors (Lipinski definition) is 2. The van der Waals surface area contributed by atoms with Crippen LogP contribution in [0.15, 0.2) is 66.9 Å². The first kappa shape index (κ1) is 20.2. The molecule has 0 saturated carbocycles. The average Bonchev–Trinajstić information content (AvgIpc) is 3.18.